The normalized spacial score (nSPS) is 13.7. The molecule has 3 nitrogen and oxygen atoms in total. The van der Waals surface area contributed by atoms with E-state index in [-0.39, 0.29) is 6.04 Å². The van der Waals surface area contributed by atoms with Crippen molar-refractivity contribution in [3.8, 4) is 23.8 Å². The van der Waals surface area contributed by atoms with Gasteiger partial charge in [-0.1, -0.05) is 42.3 Å². The van der Waals surface area contributed by atoms with Gasteiger partial charge in [0.2, 0.25) is 6.79 Å². The van der Waals surface area contributed by atoms with Gasteiger partial charge in [-0.25, -0.2) is 0 Å². The number of rotatable bonds is 5. The smallest absolute Gasteiger partial charge is 0.231 e. The quantitative estimate of drug-likeness (QED) is 0.854. The lowest BCUT2D eigenvalue weighted by Gasteiger charge is -2.18. The Morgan fingerprint density at radius 2 is 1.90 bits per heavy atom. The standard InChI is InChI=1S/C18H17NO2/c1-2-10-19-16(15-6-4-3-5-7-15)11-14-8-9-17-18(12-14)21-13-20-17/h1,3-9,12,16,19H,10-11,13H2. The number of terminal acetylenes is 1. The maximum atomic E-state index is 5.43. The van der Waals surface area contributed by atoms with Gasteiger partial charge in [0.1, 0.15) is 0 Å². The highest BCUT2D eigenvalue weighted by molar-refractivity contribution is 5.45. The van der Waals surface area contributed by atoms with Crippen LogP contribution < -0.4 is 14.8 Å². The minimum atomic E-state index is 0.183. The molecule has 2 aromatic carbocycles. The Labute approximate surface area is 124 Å². The summed E-state index contributed by atoms with van der Waals surface area (Å²) in [5.74, 6) is 4.27. The van der Waals surface area contributed by atoms with Crippen LogP contribution in [0, 0.1) is 12.3 Å². The minimum absolute atomic E-state index is 0.183. The van der Waals surface area contributed by atoms with Gasteiger partial charge >= 0.3 is 0 Å². The molecule has 0 fully saturated rings. The van der Waals surface area contributed by atoms with Gasteiger partial charge in [-0.2, -0.15) is 0 Å². The van der Waals surface area contributed by atoms with E-state index in [4.69, 9.17) is 15.9 Å². The summed E-state index contributed by atoms with van der Waals surface area (Å²) in [5.41, 5.74) is 2.42. The predicted molar refractivity (Wildman–Crippen MR) is 82.3 cm³/mol. The first-order valence-corrected chi connectivity index (χ1v) is 6.97. The number of benzene rings is 2. The highest BCUT2D eigenvalue weighted by Gasteiger charge is 2.16. The first-order chi connectivity index (χ1) is 10.4. The molecule has 106 valence electrons. The van der Waals surface area contributed by atoms with Gasteiger partial charge in [0.05, 0.1) is 6.54 Å². The minimum Gasteiger partial charge on any atom is -0.454 e. The van der Waals surface area contributed by atoms with Crippen LogP contribution in [0.25, 0.3) is 0 Å². The van der Waals surface area contributed by atoms with Crippen molar-refractivity contribution < 1.29 is 9.47 Å². The van der Waals surface area contributed by atoms with Crippen molar-refractivity contribution in [1.82, 2.24) is 5.32 Å². The van der Waals surface area contributed by atoms with E-state index in [1.807, 2.05) is 30.3 Å². The highest BCUT2D eigenvalue weighted by atomic mass is 16.7. The lowest BCUT2D eigenvalue weighted by atomic mass is 9.98. The summed E-state index contributed by atoms with van der Waals surface area (Å²) in [6, 6.07) is 16.6. The Balaban J connectivity index is 1.79. The SMILES string of the molecule is C#CCNC(Cc1ccc2c(c1)OCO2)c1ccccc1. The molecule has 0 saturated carbocycles. The van der Waals surface area contributed by atoms with Crippen LogP contribution in [0.3, 0.4) is 0 Å². The van der Waals surface area contributed by atoms with Crippen molar-refractivity contribution in [3.05, 3.63) is 59.7 Å². The maximum absolute atomic E-state index is 5.43. The Hall–Kier alpha value is -2.44. The van der Waals surface area contributed by atoms with Crippen molar-refractivity contribution in [2.75, 3.05) is 13.3 Å². The number of hydrogen-bond acceptors (Lipinski definition) is 3. The monoisotopic (exact) mass is 279 g/mol. The van der Waals surface area contributed by atoms with Gasteiger partial charge in [0, 0.05) is 6.04 Å². The lowest BCUT2D eigenvalue weighted by molar-refractivity contribution is 0.174. The van der Waals surface area contributed by atoms with Gasteiger partial charge in [-0.15, -0.1) is 6.42 Å². The summed E-state index contributed by atoms with van der Waals surface area (Å²) in [6.45, 7) is 0.848. The van der Waals surface area contributed by atoms with Crippen LogP contribution in [0.4, 0.5) is 0 Å². The summed E-state index contributed by atoms with van der Waals surface area (Å²) in [5, 5.41) is 3.39. The van der Waals surface area contributed by atoms with E-state index >= 15 is 0 Å². The van der Waals surface area contributed by atoms with Gasteiger partial charge < -0.3 is 9.47 Å². The fourth-order valence-electron chi connectivity index (χ4n) is 2.48. The Kier molecular flexibility index (Phi) is 4.09. The van der Waals surface area contributed by atoms with Gasteiger partial charge in [0.25, 0.3) is 0 Å². The van der Waals surface area contributed by atoms with E-state index < -0.39 is 0 Å². The van der Waals surface area contributed by atoms with Crippen molar-refractivity contribution in [1.29, 1.82) is 0 Å². The number of ether oxygens (including phenoxy) is 2. The highest BCUT2D eigenvalue weighted by Crippen LogP contribution is 2.33. The molecule has 2 aromatic rings. The van der Waals surface area contributed by atoms with Crippen LogP contribution in [0.15, 0.2) is 48.5 Å². The second-order valence-electron chi connectivity index (χ2n) is 4.94. The molecule has 0 spiro atoms. The van der Waals surface area contributed by atoms with Crippen LogP contribution in [0.2, 0.25) is 0 Å². The molecule has 0 aliphatic carbocycles. The first-order valence-electron chi connectivity index (χ1n) is 6.97. The number of nitrogens with one attached hydrogen (secondary N) is 1. The predicted octanol–water partition coefficient (Wildman–Crippen LogP) is 2.92. The number of hydrogen-bond donors (Lipinski definition) is 1. The molecule has 0 amide bonds. The van der Waals surface area contributed by atoms with E-state index in [9.17, 15) is 0 Å². The molecule has 1 atom stereocenters. The van der Waals surface area contributed by atoms with Crippen molar-refractivity contribution >= 4 is 0 Å². The summed E-state index contributed by atoms with van der Waals surface area (Å²) >= 11 is 0. The average molecular weight is 279 g/mol. The second kappa shape index (κ2) is 6.34. The van der Waals surface area contributed by atoms with Crippen molar-refractivity contribution in [2.24, 2.45) is 0 Å². The van der Waals surface area contributed by atoms with Crippen LogP contribution >= 0.6 is 0 Å². The van der Waals surface area contributed by atoms with E-state index in [1.165, 1.54) is 11.1 Å². The Bertz CT molecular complexity index is 646. The molecule has 1 aliphatic rings. The van der Waals surface area contributed by atoms with E-state index in [2.05, 4.69) is 29.4 Å². The summed E-state index contributed by atoms with van der Waals surface area (Å²) in [4.78, 5) is 0. The molecule has 0 aromatic heterocycles. The zero-order valence-electron chi connectivity index (χ0n) is 11.7. The lowest BCUT2D eigenvalue weighted by Crippen LogP contribution is -2.23. The molecule has 1 unspecified atom stereocenters. The third-order valence-corrected chi connectivity index (χ3v) is 3.53. The summed E-state index contributed by atoms with van der Waals surface area (Å²) in [6.07, 6.45) is 6.22. The summed E-state index contributed by atoms with van der Waals surface area (Å²) in [7, 11) is 0. The molecule has 1 heterocycles. The van der Waals surface area contributed by atoms with Crippen LogP contribution in [0.1, 0.15) is 17.2 Å². The molecule has 21 heavy (non-hydrogen) atoms. The Morgan fingerprint density at radius 1 is 1.10 bits per heavy atom. The topological polar surface area (TPSA) is 30.5 Å². The largest absolute Gasteiger partial charge is 0.454 e. The molecule has 3 rings (SSSR count). The maximum Gasteiger partial charge on any atom is 0.231 e. The average Bonchev–Trinajstić information content (AvgIpc) is 3.00. The van der Waals surface area contributed by atoms with Gasteiger partial charge in [0.15, 0.2) is 11.5 Å². The Morgan fingerprint density at radius 3 is 2.71 bits per heavy atom. The zero-order valence-corrected chi connectivity index (χ0v) is 11.7. The van der Waals surface area contributed by atoms with Gasteiger partial charge in [-0.3, -0.25) is 5.32 Å². The number of fused-ring (bicyclic) bond motifs is 1. The van der Waals surface area contributed by atoms with Crippen LogP contribution in [-0.4, -0.2) is 13.3 Å². The van der Waals surface area contributed by atoms with Crippen molar-refractivity contribution in [3.63, 3.8) is 0 Å². The molecule has 3 heteroatoms. The van der Waals surface area contributed by atoms with E-state index in [1.54, 1.807) is 0 Å². The zero-order chi connectivity index (χ0) is 14.5. The molecule has 1 aliphatic heterocycles. The molecule has 0 radical (unpaired) electrons. The van der Waals surface area contributed by atoms with Gasteiger partial charge in [-0.05, 0) is 29.7 Å². The van der Waals surface area contributed by atoms with E-state index in [0.717, 1.165) is 17.9 Å². The molecule has 1 N–H and O–H groups in total. The summed E-state index contributed by atoms with van der Waals surface area (Å²) < 4.78 is 10.8. The van der Waals surface area contributed by atoms with Crippen LogP contribution in [-0.2, 0) is 6.42 Å². The molecular weight excluding hydrogens is 262 g/mol. The molecule has 0 bridgehead atoms. The van der Waals surface area contributed by atoms with Crippen LogP contribution in [0.5, 0.6) is 11.5 Å². The third kappa shape index (κ3) is 3.18. The second-order valence-corrected chi connectivity index (χ2v) is 4.94. The fraction of sp³-hybridized carbons (Fsp3) is 0.222. The first kappa shape index (κ1) is 13.5. The molecule has 0 saturated heterocycles. The fourth-order valence-corrected chi connectivity index (χ4v) is 2.48. The molecular formula is C18H17NO2. The van der Waals surface area contributed by atoms with Crippen molar-refractivity contribution in [2.45, 2.75) is 12.5 Å². The van der Waals surface area contributed by atoms with E-state index in [0.29, 0.717) is 13.3 Å². The third-order valence-electron chi connectivity index (χ3n) is 3.53.